The van der Waals surface area contributed by atoms with Crippen LogP contribution in [0, 0.1) is 5.41 Å². The number of hydrogen-bond acceptors (Lipinski definition) is 0. The van der Waals surface area contributed by atoms with Crippen molar-refractivity contribution in [1.29, 1.82) is 0 Å². The summed E-state index contributed by atoms with van der Waals surface area (Å²) < 4.78 is 1.53. The van der Waals surface area contributed by atoms with Crippen molar-refractivity contribution in [2.45, 2.75) is 34.6 Å². The van der Waals surface area contributed by atoms with Gasteiger partial charge in [-0.25, -0.2) is 0 Å². The van der Waals surface area contributed by atoms with Crippen LogP contribution in [0.15, 0.2) is 20.6 Å². The van der Waals surface area contributed by atoms with Crippen molar-refractivity contribution >= 4 is 34.0 Å². The zero-order chi connectivity index (χ0) is 8.81. The normalized spacial score (nSPS) is 19.7. The topological polar surface area (TPSA) is 0 Å². The maximum atomic E-state index is 2.30. The first-order valence-electron chi connectivity index (χ1n) is 4.00. The molecule has 0 unspecified atom stereocenters. The van der Waals surface area contributed by atoms with E-state index in [-0.39, 0.29) is 34.0 Å². The van der Waals surface area contributed by atoms with Crippen molar-refractivity contribution < 1.29 is 20.4 Å². The molecule has 3 heteroatoms. The second-order valence-electron chi connectivity index (χ2n) is 3.88. The Bertz CT molecular complexity index is 236. The summed E-state index contributed by atoms with van der Waals surface area (Å²) in [6.07, 6.45) is 0. The third-order valence-corrected chi connectivity index (χ3v) is 4.62. The van der Waals surface area contributed by atoms with Crippen LogP contribution in [0.25, 0.3) is 0 Å². The van der Waals surface area contributed by atoms with Crippen LogP contribution in [0.5, 0.6) is 0 Å². The van der Waals surface area contributed by atoms with Gasteiger partial charge in [0, 0.05) is 0 Å². The summed E-state index contributed by atoms with van der Waals surface area (Å²) >= 11 is 2.25. The van der Waals surface area contributed by atoms with Gasteiger partial charge in [0.05, 0.1) is 0 Å². The fourth-order valence-corrected chi connectivity index (χ4v) is 2.18. The van der Waals surface area contributed by atoms with Crippen LogP contribution in [-0.2, 0) is 20.4 Å². The Hall–Kier alpha value is 1.15. The molecule has 0 aliphatic heterocycles. The molecule has 1 rings (SSSR count). The molecule has 0 aromatic rings. The van der Waals surface area contributed by atoms with Gasteiger partial charge in [0.1, 0.15) is 0 Å². The standard InChI is InChI=1S/C10H15.2BrH.Ti/c1-7-6-10(4,5)9(3)8(7)2;;;/h1-5H3;2*1H;. The Morgan fingerprint density at radius 2 is 1.31 bits per heavy atom. The minimum absolute atomic E-state index is 0. The summed E-state index contributed by atoms with van der Waals surface area (Å²) in [5.74, 6) is 0. The first-order valence-corrected chi connectivity index (χ1v) is 4.78. The molecule has 75 valence electrons. The predicted molar refractivity (Wildman–Crippen MR) is 65.5 cm³/mol. The van der Waals surface area contributed by atoms with Crippen LogP contribution in [0.3, 0.4) is 0 Å². The van der Waals surface area contributed by atoms with E-state index < -0.39 is 0 Å². The SMILES string of the molecule is Br.Br.CC1=C(C)C(C)(C)[C]([Ti])=C1C. The Morgan fingerprint density at radius 1 is 0.923 bits per heavy atom. The van der Waals surface area contributed by atoms with Crippen molar-refractivity contribution in [1.82, 2.24) is 0 Å². The molecule has 0 nitrogen and oxygen atoms in total. The average Bonchev–Trinajstić information content (AvgIpc) is 2.06. The Kier molecular flexibility index (Phi) is 6.75. The molecule has 0 aromatic heterocycles. The van der Waals surface area contributed by atoms with E-state index in [2.05, 4.69) is 55.1 Å². The number of rotatable bonds is 0. The van der Waals surface area contributed by atoms with Crippen LogP contribution in [-0.4, -0.2) is 0 Å². The Balaban J connectivity index is 0. The van der Waals surface area contributed by atoms with E-state index in [9.17, 15) is 0 Å². The van der Waals surface area contributed by atoms with E-state index in [4.69, 9.17) is 0 Å². The Labute approximate surface area is 114 Å². The zero-order valence-corrected chi connectivity index (χ0v) is 13.8. The molecule has 1 aliphatic rings. The molecule has 0 fully saturated rings. The molecular formula is C10H17Br2Ti. The van der Waals surface area contributed by atoms with Crippen LogP contribution in [0.4, 0.5) is 0 Å². The molecule has 0 radical (unpaired) electrons. The Morgan fingerprint density at radius 3 is 1.38 bits per heavy atom. The summed E-state index contributed by atoms with van der Waals surface area (Å²) in [5.41, 5.74) is 4.83. The van der Waals surface area contributed by atoms with E-state index >= 15 is 0 Å². The number of halogens is 2. The summed E-state index contributed by atoms with van der Waals surface area (Å²) in [7, 11) is 0. The van der Waals surface area contributed by atoms with Crippen molar-refractivity contribution in [2.24, 2.45) is 5.41 Å². The van der Waals surface area contributed by atoms with Gasteiger partial charge >= 0.3 is 81.1 Å². The maximum absolute atomic E-state index is 2.30. The molecule has 1 aliphatic carbocycles. The van der Waals surface area contributed by atoms with Gasteiger partial charge in [0.2, 0.25) is 0 Å². The third-order valence-electron chi connectivity index (χ3n) is 3.06. The van der Waals surface area contributed by atoms with Gasteiger partial charge in [0.25, 0.3) is 0 Å². The van der Waals surface area contributed by atoms with Crippen molar-refractivity contribution in [3.8, 4) is 0 Å². The van der Waals surface area contributed by atoms with Gasteiger partial charge in [-0.05, 0) is 0 Å². The van der Waals surface area contributed by atoms with Crippen molar-refractivity contribution in [2.75, 3.05) is 0 Å². The third kappa shape index (κ3) is 2.59. The zero-order valence-electron chi connectivity index (χ0n) is 8.82. The fraction of sp³-hybridized carbons (Fsp3) is 0.600. The summed E-state index contributed by atoms with van der Waals surface area (Å²) in [6.45, 7) is 11.3. The van der Waals surface area contributed by atoms with Gasteiger partial charge in [-0.2, -0.15) is 0 Å². The summed E-state index contributed by atoms with van der Waals surface area (Å²) in [6, 6.07) is 0. The molecule has 0 atom stereocenters. The van der Waals surface area contributed by atoms with E-state index in [0.29, 0.717) is 5.41 Å². The van der Waals surface area contributed by atoms with E-state index in [1.807, 2.05) is 0 Å². The second kappa shape index (κ2) is 5.30. The predicted octanol–water partition coefficient (Wildman–Crippen LogP) is 4.34. The van der Waals surface area contributed by atoms with Gasteiger partial charge in [-0.1, -0.05) is 0 Å². The van der Waals surface area contributed by atoms with Gasteiger partial charge in [-0.3, -0.25) is 0 Å². The van der Waals surface area contributed by atoms with E-state index in [1.54, 1.807) is 0 Å². The average molecular weight is 345 g/mol. The second-order valence-corrected chi connectivity index (χ2v) is 4.66. The number of hydrogen-bond donors (Lipinski definition) is 0. The van der Waals surface area contributed by atoms with E-state index in [1.165, 1.54) is 20.6 Å². The monoisotopic (exact) mass is 343 g/mol. The molecule has 0 bridgehead atoms. The van der Waals surface area contributed by atoms with Crippen LogP contribution in [0.1, 0.15) is 34.6 Å². The van der Waals surface area contributed by atoms with Crippen LogP contribution in [0.2, 0.25) is 0 Å². The minimum atomic E-state index is 0. The molecule has 0 saturated carbocycles. The first kappa shape index (κ1) is 16.6. The first-order chi connectivity index (χ1) is 4.89. The van der Waals surface area contributed by atoms with Gasteiger partial charge in [0.15, 0.2) is 0 Å². The molecule has 0 heterocycles. The van der Waals surface area contributed by atoms with Gasteiger partial charge in [-0.15, -0.1) is 34.0 Å². The molecule has 13 heavy (non-hydrogen) atoms. The van der Waals surface area contributed by atoms with Crippen LogP contribution >= 0.6 is 34.0 Å². The van der Waals surface area contributed by atoms with Crippen molar-refractivity contribution in [3.63, 3.8) is 0 Å². The quantitative estimate of drug-likeness (QED) is 0.573. The molecule has 0 saturated heterocycles. The van der Waals surface area contributed by atoms with E-state index in [0.717, 1.165) is 0 Å². The fourth-order valence-electron chi connectivity index (χ4n) is 1.59. The molecule has 0 N–H and O–H groups in total. The molecule has 0 spiro atoms. The van der Waals surface area contributed by atoms with Gasteiger partial charge < -0.3 is 0 Å². The van der Waals surface area contributed by atoms with Crippen LogP contribution < -0.4 is 0 Å². The molecule has 0 amide bonds. The molecular weight excluding hydrogens is 328 g/mol. The summed E-state index contributed by atoms with van der Waals surface area (Å²) in [5, 5.41) is 0. The number of allylic oxidation sites excluding steroid dienone is 4. The summed E-state index contributed by atoms with van der Waals surface area (Å²) in [4.78, 5) is 0. The molecule has 0 aromatic carbocycles. The van der Waals surface area contributed by atoms with Crippen molar-refractivity contribution in [3.05, 3.63) is 20.6 Å².